The molecule has 1 aliphatic rings. The van der Waals surface area contributed by atoms with Gasteiger partial charge in [-0.2, -0.15) is 10.1 Å². The van der Waals surface area contributed by atoms with Crippen LogP contribution in [0.15, 0.2) is 54.9 Å². The second-order valence-corrected chi connectivity index (χ2v) is 10.1. The van der Waals surface area contributed by atoms with Gasteiger partial charge in [-0.3, -0.25) is 14.4 Å². The Bertz CT molecular complexity index is 1500. The van der Waals surface area contributed by atoms with Crippen molar-refractivity contribution in [2.24, 2.45) is 7.05 Å². The fourth-order valence-corrected chi connectivity index (χ4v) is 4.81. The van der Waals surface area contributed by atoms with E-state index in [1.807, 2.05) is 55.4 Å². The van der Waals surface area contributed by atoms with E-state index < -0.39 is 0 Å². The van der Waals surface area contributed by atoms with Crippen LogP contribution >= 0.6 is 0 Å². The molecule has 4 aromatic rings. The minimum absolute atomic E-state index is 0.0123. The van der Waals surface area contributed by atoms with Gasteiger partial charge < -0.3 is 25.6 Å². The zero-order chi connectivity index (χ0) is 28.8. The summed E-state index contributed by atoms with van der Waals surface area (Å²) >= 11 is 0. The molecule has 4 N–H and O–H groups in total. The Morgan fingerprint density at radius 1 is 1.10 bits per heavy atom. The molecular weight excluding hydrogens is 522 g/mol. The molecule has 41 heavy (non-hydrogen) atoms. The van der Waals surface area contributed by atoms with Crippen LogP contribution in [-0.2, 0) is 20.0 Å². The fraction of sp³-hybridized carbons (Fsp3) is 0.333. The minimum Gasteiger partial charge on any atom is -0.477 e. The van der Waals surface area contributed by atoms with Gasteiger partial charge in [0.05, 0.1) is 31.7 Å². The molecule has 0 saturated carbocycles. The molecule has 11 nitrogen and oxygen atoms in total. The second-order valence-electron chi connectivity index (χ2n) is 10.1. The van der Waals surface area contributed by atoms with Crippen LogP contribution in [0.4, 0.5) is 17.3 Å². The van der Waals surface area contributed by atoms with E-state index in [4.69, 9.17) is 9.72 Å². The van der Waals surface area contributed by atoms with Crippen molar-refractivity contribution in [3.63, 3.8) is 0 Å². The second kappa shape index (κ2) is 12.9. The molecule has 214 valence electrons. The number of anilines is 3. The third-order valence-electron chi connectivity index (χ3n) is 6.95. The van der Waals surface area contributed by atoms with Crippen molar-refractivity contribution < 1.29 is 19.7 Å². The normalized spacial score (nSPS) is 12.6. The van der Waals surface area contributed by atoms with E-state index in [1.165, 1.54) is 0 Å². The van der Waals surface area contributed by atoms with Crippen molar-refractivity contribution in [2.75, 3.05) is 43.5 Å². The number of hydrogen-bond donors (Lipinski definition) is 4. The van der Waals surface area contributed by atoms with Gasteiger partial charge in [0.1, 0.15) is 0 Å². The monoisotopic (exact) mass is 557 g/mol. The number of carbonyl (C=O) groups is 1. The number of rotatable bonds is 11. The van der Waals surface area contributed by atoms with Crippen molar-refractivity contribution >= 4 is 23.2 Å². The molecular formula is C30H35N7O4. The molecule has 1 aliphatic heterocycles. The predicted octanol–water partition coefficient (Wildman–Crippen LogP) is 3.29. The number of aromatic nitrogens is 4. The summed E-state index contributed by atoms with van der Waals surface area (Å²) in [5.74, 6) is 0.763. The fourth-order valence-electron chi connectivity index (χ4n) is 4.81. The summed E-state index contributed by atoms with van der Waals surface area (Å²) in [6.45, 7) is 4.06. The van der Waals surface area contributed by atoms with E-state index in [9.17, 15) is 15.0 Å². The molecule has 0 atom stereocenters. The maximum Gasteiger partial charge on any atom is 0.255 e. The number of nitrogens with zero attached hydrogens (tertiary/aromatic N) is 5. The first-order chi connectivity index (χ1) is 19.9. The molecule has 0 aliphatic carbocycles. The van der Waals surface area contributed by atoms with Crippen LogP contribution in [-0.4, -0.2) is 73.7 Å². The summed E-state index contributed by atoms with van der Waals surface area (Å²) in [5, 5.41) is 29.1. The maximum atomic E-state index is 13.1. The van der Waals surface area contributed by atoms with Gasteiger partial charge in [0.25, 0.3) is 5.91 Å². The van der Waals surface area contributed by atoms with Crippen LogP contribution in [0.1, 0.15) is 33.5 Å². The average molecular weight is 558 g/mol. The van der Waals surface area contributed by atoms with Crippen LogP contribution in [0.2, 0.25) is 0 Å². The van der Waals surface area contributed by atoms with Gasteiger partial charge in [0.15, 0.2) is 0 Å². The number of aliphatic hydroxyl groups is 2. The van der Waals surface area contributed by atoms with Gasteiger partial charge >= 0.3 is 0 Å². The van der Waals surface area contributed by atoms with E-state index >= 15 is 0 Å². The number of carbonyl (C=O) groups excluding carboxylic acids is 1. The van der Waals surface area contributed by atoms with Crippen LogP contribution < -0.4 is 15.4 Å². The summed E-state index contributed by atoms with van der Waals surface area (Å²) in [6.07, 6.45) is 5.46. The Labute approximate surface area is 238 Å². The zero-order valence-corrected chi connectivity index (χ0v) is 23.3. The maximum absolute atomic E-state index is 13.1. The third-order valence-corrected chi connectivity index (χ3v) is 6.95. The summed E-state index contributed by atoms with van der Waals surface area (Å²) < 4.78 is 7.59. The lowest BCUT2D eigenvalue weighted by Gasteiger charge is -2.21. The van der Waals surface area contributed by atoms with Gasteiger partial charge in [-0.1, -0.05) is 12.1 Å². The van der Waals surface area contributed by atoms with Crippen LogP contribution in [0, 0.1) is 6.92 Å². The lowest BCUT2D eigenvalue weighted by atomic mass is 10.0. The van der Waals surface area contributed by atoms with Crippen LogP contribution in [0.5, 0.6) is 5.88 Å². The third kappa shape index (κ3) is 6.88. The Kier molecular flexibility index (Phi) is 8.88. The van der Waals surface area contributed by atoms with Crippen molar-refractivity contribution in [1.29, 1.82) is 0 Å². The molecule has 0 radical (unpaired) electrons. The number of aliphatic hydroxyl groups excluding tert-OH is 2. The largest absolute Gasteiger partial charge is 0.477 e. The summed E-state index contributed by atoms with van der Waals surface area (Å²) in [6, 6.07) is 13.0. The first kappa shape index (κ1) is 28.2. The van der Waals surface area contributed by atoms with Gasteiger partial charge in [0.2, 0.25) is 11.8 Å². The molecule has 5 rings (SSSR count). The first-order valence-corrected chi connectivity index (χ1v) is 13.7. The highest BCUT2D eigenvalue weighted by Gasteiger charge is 2.21. The van der Waals surface area contributed by atoms with Gasteiger partial charge in [0, 0.05) is 60.9 Å². The number of nitrogens with one attached hydrogen (secondary N) is 2. The average Bonchev–Trinajstić information content (AvgIpc) is 3.41. The quantitative estimate of drug-likeness (QED) is 0.219. The molecule has 2 aromatic carbocycles. The van der Waals surface area contributed by atoms with Crippen molar-refractivity contribution in [1.82, 2.24) is 24.6 Å². The lowest BCUT2D eigenvalue weighted by molar-refractivity contribution is 0.102. The smallest absolute Gasteiger partial charge is 0.255 e. The Hall–Kier alpha value is -4.32. The number of fused-ring (bicyclic) bond motifs is 1. The Balaban J connectivity index is 1.29. The molecule has 1 amide bonds. The van der Waals surface area contributed by atoms with Crippen LogP contribution in [0.25, 0.3) is 11.3 Å². The van der Waals surface area contributed by atoms with E-state index in [-0.39, 0.29) is 19.1 Å². The molecule has 0 spiro atoms. The standard InChI is InChI=1S/C30H35N7O4/c1-20-5-6-21(18-37(11-13-38)12-14-39)16-26(20)33-28(40)22-7-9-24(10-8-22)32-30-34-27(23-17-31-36(2)19-23)25-4-3-15-41-29(25)35-30/h5-10,16-17,19,38-39H,3-4,11-15,18H2,1-2H3,(H,33,40)(H,32,34,35). The van der Waals surface area contributed by atoms with E-state index in [1.54, 1.807) is 23.0 Å². The molecule has 0 fully saturated rings. The van der Waals surface area contributed by atoms with Gasteiger partial charge in [-0.25, -0.2) is 4.98 Å². The van der Waals surface area contributed by atoms with E-state index in [0.717, 1.165) is 46.5 Å². The van der Waals surface area contributed by atoms with Gasteiger partial charge in [-0.15, -0.1) is 0 Å². The molecule has 0 bridgehead atoms. The van der Waals surface area contributed by atoms with E-state index in [2.05, 4.69) is 20.7 Å². The molecule has 2 aromatic heterocycles. The number of aryl methyl sites for hydroxylation is 2. The highest BCUT2D eigenvalue weighted by atomic mass is 16.5. The summed E-state index contributed by atoms with van der Waals surface area (Å²) in [4.78, 5) is 24.4. The highest BCUT2D eigenvalue weighted by Crippen LogP contribution is 2.33. The minimum atomic E-state index is -0.225. The first-order valence-electron chi connectivity index (χ1n) is 13.7. The Morgan fingerprint density at radius 3 is 2.59 bits per heavy atom. The number of ether oxygens (including phenoxy) is 1. The lowest BCUT2D eigenvalue weighted by Crippen LogP contribution is -2.29. The Morgan fingerprint density at radius 2 is 1.88 bits per heavy atom. The van der Waals surface area contributed by atoms with Crippen LogP contribution in [0.3, 0.4) is 0 Å². The molecule has 0 unspecified atom stereocenters. The van der Waals surface area contributed by atoms with Crippen molar-refractivity contribution in [2.45, 2.75) is 26.3 Å². The highest BCUT2D eigenvalue weighted by molar-refractivity contribution is 6.04. The number of benzene rings is 2. The molecule has 3 heterocycles. The van der Waals surface area contributed by atoms with Crippen molar-refractivity contribution in [3.05, 3.63) is 77.1 Å². The molecule has 11 heteroatoms. The number of amides is 1. The van der Waals surface area contributed by atoms with E-state index in [0.29, 0.717) is 49.3 Å². The topological polar surface area (TPSA) is 138 Å². The zero-order valence-electron chi connectivity index (χ0n) is 23.3. The number of hydrogen-bond acceptors (Lipinski definition) is 9. The molecule has 0 saturated heterocycles. The van der Waals surface area contributed by atoms with Gasteiger partial charge in [-0.05, 0) is 61.2 Å². The van der Waals surface area contributed by atoms with Crippen molar-refractivity contribution in [3.8, 4) is 17.1 Å². The SMILES string of the molecule is Cc1ccc(CN(CCO)CCO)cc1NC(=O)c1ccc(Nc2nc3c(c(-c4cnn(C)c4)n2)CCCO3)cc1. The summed E-state index contributed by atoms with van der Waals surface area (Å²) in [7, 11) is 1.87. The predicted molar refractivity (Wildman–Crippen MR) is 156 cm³/mol. The summed E-state index contributed by atoms with van der Waals surface area (Å²) in [5.41, 5.74) is 6.56.